The Hall–Kier alpha value is -2.59. The number of hydrogen-bond donors (Lipinski definition) is 1. The summed E-state index contributed by atoms with van der Waals surface area (Å²) in [6.07, 6.45) is 3.37. The van der Waals surface area contributed by atoms with Gasteiger partial charge < -0.3 is 10.5 Å². The van der Waals surface area contributed by atoms with Gasteiger partial charge in [0.05, 0.1) is 18.8 Å². The molecule has 0 amide bonds. The Labute approximate surface area is 161 Å². The molecular weight excluding hydrogens is 334 g/mol. The lowest BCUT2D eigenvalue weighted by Gasteiger charge is -2.24. The second-order valence-corrected chi connectivity index (χ2v) is 7.29. The molecule has 0 aliphatic heterocycles. The molecule has 4 rings (SSSR count). The average molecular weight is 361 g/mol. The van der Waals surface area contributed by atoms with Crippen molar-refractivity contribution in [1.82, 2.24) is 9.78 Å². The number of methoxy groups -OCH3 is 1. The van der Waals surface area contributed by atoms with E-state index in [1.54, 1.807) is 7.11 Å². The van der Waals surface area contributed by atoms with E-state index in [1.165, 1.54) is 23.2 Å². The zero-order valence-electron chi connectivity index (χ0n) is 16.1. The number of nitrogens with zero attached hydrogens (tertiary/aromatic N) is 2. The van der Waals surface area contributed by atoms with Gasteiger partial charge in [-0.05, 0) is 62.6 Å². The highest BCUT2D eigenvalue weighted by atomic mass is 16.5. The molecule has 0 spiro atoms. The molecule has 2 unspecified atom stereocenters. The van der Waals surface area contributed by atoms with Crippen LogP contribution in [0.25, 0.3) is 11.3 Å². The van der Waals surface area contributed by atoms with Gasteiger partial charge in [-0.2, -0.15) is 5.10 Å². The van der Waals surface area contributed by atoms with Crippen molar-refractivity contribution >= 4 is 0 Å². The molecule has 1 heterocycles. The third-order valence-corrected chi connectivity index (χ3v) is 5.72. The second kappa shape index (κ2) is 7.57. The van der Waals surface area contributed by atoms with E-state index in [-0.39, 0.29) is 6.04 Å². The van der Waals surface area contributed by atoms with Crippen LogP contribution in [0, 0.1) is 0 Å². The number of aromatic nitrogens is 2. The molecule has 2 aromatic carbocycles. The molecule has 1 aliphatic carbocycles. The fourth-order valence-corrected chi connectivity index (χ4v) is 4.21. The minimum absolute atomic E-state index is 0.198. The molecule has 3 aromatic rings. The fourth-order valence-electron chi connectivity index (χ4n) is 4.21. The first kappa shape index (κ1) is 17.8. The van der Waals surface area contributed by atoms with Gasteiger partial charge >= 0.3 is 0 Å². The summed E-state index contributed by atoms with van der Waals surface area (Å²) in [5, 5.41) is 5.11. The summed E-state index contributed by atoms with van der Waals surface area (Å²) in [5.74, 6) is 1.24. The van der Waals surface area contributed by atoms with Crippen molar-refractivity contribution < 1.29 is 4.74 Å². The lowest BCUT2D eigenvalue weighted by molar-refractivity contribution is 0.415. The maximum atomic E-state index is 6.15. The van der Waals surface area contributed by atoms with Gasteiger partial charge in [-0.25, -0.2) is 0 Å². The summed E-state index contributed by atoms with van der Waals surface area (Å²) >= 11 is 0. The van der Waals surface area contributed by atoms with Crippen molar-refractivity contribution in [3.63, 3.8) is 0 Å². The Morgan fingerprint density at radius 1 is 1.15 bits per heavy atom. The van der Waals surface area contributed by atoms with Crippen molar-refractivity contribution in [3.05, 3.63) is 71.4 Å². The average Bonchev–Trinajstić information content (AvgIpc) is 3.13. The van der Waals surface area contributed by atoms with Crippen molar-refractivity contribution in [1.29, 1.82) is 0 Å². The van der Waals surface area contributed by atoms with Gasteiger partial charge in [0.1, 0.15) is 5.75 Å². The third kappa shape index (κ3) is 3.26. The van der Waals surface area contributed by atoms with Crippen molar-refractivity contribution in [2.24, 2.45) is 5.73 Å². The van der Waals surface area contributed by atoms with Gasteiger partial charge in [0.15, 0.2) is 0 Å². The summed E-state index contributed by atoms with van der Waals surface area (Å²) in [4.78, 5) is 0. The van der Waals surface area contributed by atoms with Crippen LogP contribution < -0.4 is 10.5 Å². The number of benzene rings is 2. The minimum Gasteiger partial charge on any atom is -0.497 e. The fraction of sp³-hybridized carbons (Fsp3) is 0.348. The molecule has 27 heavy (non-hydrogen) atoms. The van der Waals surface area contributed by atoms with Gasteiger partial charge in [-0.15, -0.1) is 0 Å². The zero-order valence-corrected chi connectivity index (χ0v) is 16.1. The maximum absolute atomic E-state index is 6.15. The van der Waals surface area contributed by atoms with Crippen LogP contribution in [0.3, 0.4) is 0 Å². The van der Waals surface area contributed by atoms with Crippen molar-refractivity contribution in [2.45, 2.75) is 38.1 Å². The predicted molar refractivity (Wildman–Crippen MR) is 109 cm³/mol. The second-order valence-electron chi connectivity index (χ2n) is 7.29. The Bertz CT molecular complexity index is 899. The summed E-state index contributed by atoms with van der Waals surface area (Å²) in [5.41, 5.74) is 12.3. The lowest BCUT2D eigenvalue weighted by atomic mass is 9.84. The van der Waals surface area contributed by atoms with Gasteiger partial charge in [-0.1, -0.05) is 30.3 Å². The van der Waals surface area contributed by atoms with E-state index in [0.29, 0.717) is 12.5 Å². The van der Waals surface area contributed by atoms with E-state index in [4.69, 9.17) is 15.6 Å². The predicted octanol–water partition coefficient (Wildman–Crippen LogP) is 4.55. The SMILES string of the molecule is COc1ccc(-c2nn(C(C)c3ccccc3)c3c2C(CN)CCC3)cc1. The van der Waals surface area contributed by atoms with Gasteiger partial charge in [-0.3, -0.25) is 4.68 Å². The van der Waals surface area contributed by atoms with Crippen molar-refractivity contribution in [2.75, 3.05) is 13.7 Å². The van der Waals surface area contributed by atoms with Crippen LogP contribution >= 0.6 is 0 Å². The Balaban J connectivity index is 1.84. The van der Waals surface area contributed by atoms with Crippen LogP contribution in [-0.2, 0) is 6.42 Å². The molecule has 1 aromatic heterocycles. The van der Waals surface area contributed by atoms with Crippen LogP contribution in [0.5, 0.6) is 5.75 Å². The van der Waals surface area contributed by atoms with E-state index in [0.717, 1.165) is 29.8 Å². The van der Waals surface area contributed by atoms with Gasteiger partial charge in [0.25, 0.3) is 0 Å². The van der Waals surface area contributed by atoms with Crippen molar-refractivity contribution in [3.8, 4) is 17.0 Å². The van der Waals surface area contributed by atoms with Crippen LogP contribution in [0.2, 0.25) is 0 Å². The Morgan fingerprint density at radius 2 is 1.89 bits per heavy atom. The van der Waals surface area contributed by atoms with E-state index in [1.807, 2.05) is 12.1 Å². The molecule has 0 radical (unpaired) electrons. The standard InChI is InChI=1S/C23H27N3O/c1-16(17-7-4-3-5-8-17)26-21-10-6-9-19(15-24)22(21)23(25-26)18-11-13-20(27-2)14-12-18/h3-5,7-8,11-14,16,19H,6,9-10,15,24H2,1-2H3. The number of nitrogens with two attached hydrogens (primary N) is 1. The van der Waals surface area contributed by atoms with Gasteiger partial charge in [0, 0.05) is 22.7 Å². The van der Waals surface area contributed by atoms with E-state index < -0.39 is 0 Å². The lowest BCUT2D eigenvalue weighted by Crippen LogP contribution is -2.20. The van der Waals surface area contributed by atoms with E-state index in [9.17, 15) is 0 Å². The van der Waals surface area contributed by atoms with E-state index in [2.05, 4.69) is 54.1 Å². The molecule has 2 N–H and O–H groups in total. The first-order valence-corrected chi connectivity index (χ1v) is 9.73. The molecule has 0 saturated heterocycles. The molecule has 0 bridgehead atoms. The Kier molecular flexibility index (Phi) is 4.99. The third-order valence-electron chi connectivity index (χ3n) is 5.72. The highest BCUT2D eigenvalue weighted by Crippen LogP contribution is 2.40. The first-order chi connectivity index (χ1) is 13.2. The highest BCUT2D eigenvalue weighted by molar-refractivity contribution is 5.66. The normalized spacial score (nSPS) is 17.4. The number of ether oxygens (including phenoxy) is 1. The van der Waals surface area contributed by atoms with Crippen LogP contribution in [0.4, 0.5) is 0 Å². The molecular formula is C23H27N3O. The van der Waals surface area contributed by atoms with Crippen LogP contribution in [0.1, 0.15) is 48.5 Å². The van der Waals surface area contributed by atoms with Crippen LogP contribution in [0.15, 0.2) is 54.6 Å². The van der Waals surface area contributed by atoms with Crippen LogP contribution in [-0.4, -0.2) is 23.4 Å². The first-order valence-electron chi connectivity index (χ1n) is 9.73. The quantitative estimate of drug-likeness (QED) is 0.725. The van der Waals surface area contributed by atoms with E-state index >= 15 is 0 Å². The Morgan fingerprint density at radius 3 is 2.56 bits per heavy atom. The molecule has 2 atom stereocenters. The molecule has 0 fully saturated rings. The summed E-state index contributed by atoms with van der Waals surface area (Å²) in [6, 6.07) is 19.0. The number of hydrogen-bond acceptors (Lipinski definition) is 3. The topological polar surface area (TPSA) is 53.1 Å². The molecule has 140 valence electrons. The summed E-state index contributed by atoms with van der Waals surface area (Å²) < 4.78 is 7.54. The van der Waals surface area contributed by atoms with Gasteiger partial charge in [0.2, 0.25) is 0 Å². The minimum atomic E-state index is 0.198. The highest BCUT2D eigenvalue weighted by Gasteiger charge is 2.30. The monoisotopic (exact) mass is 361 g/mol. The number of fused-ring (bicyclic) bond motifs is 1. The zero-order chi connectivity index (χ0) is 18.8. The molecule has 0 saturated carbocycles. The largest absolute Gasteiger partial charge is 0.497 e. The maximum Gasteiger partial charge on any atom is 0.118 e. The summed E-state index contributed by atoms with van der Waals surface area (Å²) in [7, 11) is 1.69. The molecule has 4 heteroatoms. The molecule has 4 nitrogen and oxygen atoms in total. The smallest absolute Gasteiger partial charge is 0.118 e. The number of rotatable bonds is 5. The molecule has 1 aliphatic rings. The summed E-state index contributed by atoms with van der Waals surface area (Å²) in [6.45, 7) is 2.90.